The molecule has 1 aliphatic rings. The Bertz CT molecular complexity index is 1410. The molecule has 37 heavy (non-hydrogen) atoms. The summed E-state index contributed by atoms with van der Waals surface area (Å²) in [5.74, 6) is -5.25. The van der Waals surface area contributed by atoms with Gasteiger partial charge in [0.05, 0.1) is 32.8 Å². The fourth-order valence-corrected chi connectivity index (χ4v) is 5.13. The van der Waals surface area contributed by atoms with Gasteiger partial charge in [0.1, 0.15) is 16.0 Å². The van der Waals surface area contributed by atoms with Crippen LogP contribution in [0.25, 0.3) is 0 Å². The first-order chi connectivity index (χ1) is 17.2. The summed E-state index contributed by atoms with van der Waals surface area (Å²) < 4.78 is 64.4. The molecule has 0 heterocycles. The maximum absolute atomic E-state index is 13.9. The molecular weight excluding hydrogens is 585 g/mol. The lowest BCUT2D eigenvalue weighted by atomic mass is 10.1. The summed E-state index contributed by atoms with van der Waals surface area (Å²) in [6.07, 6.45) is -4.66. The summed E-state index contributed by atoms with van der Waals surface area (Å²) in [4.78, 5) is 25.5. The van der Waals surface area contributed by atoms with Crippen LogP contribution >= 0.6 is 46.4 Å². The van der Waals surface area contributed by atoms with Crippen molar-refractivity contribution in [1.82, 2.24) is 0 Å². The van der Waals surface area contributed by atoms with Crippen molar-refractivity contribution in [2.45, 2.75) is 16.4 Å². The van der Waals surface area contributed by atoms with Crippen LogP contribution in [0.1, 0.15) is 27.4 Å². The van der Waals surface area contributed by atoms with E-state index in [1.54, 1.807) is 0 Å². The first-order valence-corrected chi connectivity index (χ1v) is 11.8. The van der Waals surface area contributed by atoms with E-state index >= 15 is 0 Å². The summed E-state index contributed by atoms with van der Waals surface area (Å²) >= 11 is 24.4. The lowest BCUT2D eigenvalue weighted by Gasteiger charge is -2.11. The van der Waals surface area contributed by atoms with Crippen molar-refractivity contribution in [3.05, 3.63) is 93.0 Å². The van der Waals surface area contributed by atoms with Crippen LogP contribution in [0.2, 0.25) is 10.0 Å². The predicted molar refractivity (Wildman–Crippen MR) is 132 cm³/mol. The molecule has 2 atom stereocenters. The topological polar surface area (TPSA) is 58.2 Å². The molecule has 3 aromatic carbocycles. The van der Waals surface area contributed by atoms with Gasteiger partial charge in [-0.25, -0.2) is 8.78 Å². The Morgan fingerprint density at radius 1 is 0.865 bits per heavy atom. The fourth-order valence-electron chi connectivity index (χ4n) is 3.80. The van der Waals surface area contributed by atoms with Crippen molar-refractivity contribution in [2.24, 2.45) is 5.92 Å². The van der Waals surface area contributed by atoms with Crippen molar-refractivity contribution in [3.8, 4) is 0 Å². The van der Waals surface area contributed by atoms with Gasteiger partial charge in [-0.2, -0.15) is 13.2 Å². The molecule has 4 rings (SSSR count). The zero-order valence-electron chi connectivity index (χ0n) is 18.1. The highest BCUT2D eigenvalue weighted by Gasteiger charge is 2.67. The van der Waals surface area contributed by atoms with E-state index in [4.69, 9.17) is 46.4 Å². The Balaban J connectivity index is 1.51. The molecule has 1 fully saturated rings. The van der Waals surface area contributed by atoms with Gasteiger partial charge in [-0.3, -0.25) is 9.59 Å². The highest BCUT2D eigenvalue weighted by atomic mass is 35.5. The van der Waals surface area contributed by atoms with Crippen LogP contribution in [0, 0.1) is 17.6 Å². The zero-order chi connectivity index (χ0) is 27.3. The molecule has 3 aromatic rings. The molecule has 0 radical (unpaired) electrons. The summed E-state index contributed by atoms with van der Waals surface area (Å²) in [5, 5.41) is 4.21. The number of benzene rings is 3. The van der Waals surface area contributed by atoms with Crippen LogP contribution in [0.15, 0.2) is 54.6 Å². The second kappa shape index (κ2) is 9.94. The number of halogens is 9. The number of carbonyl (C=O) groups is 2. The number of amides is 2. The van der Waals surface area contributed by atoms with Gasteiger partial charge >= 0.3 is 6.18 Å². The van der Waals surface area contributed by atoms with Crippen LogP contribution in [0.4, 0.5) is 33.3 Å². The fraction of sp³-hybridized carbons (Fsp3) is 0.167. The van der Waals surface area contributed by atoms with Gasteiger partial charge in [-0.05, 0) is 48.0 Å². The van der Waals surface area contributed by atoms with Crippen LogP contribution in [0.3, 0.4) is 0 Å². The van der Waals surface area contributed by atoms with Crippen LogP contribution in [0.5, 0.6) is 0 Å². The van der Waals surface area contributed by atoms with E-state index in [1.165, 1.54) is 18.2 Å². The van der Waals surface area contributed by atoms with Gasteiger partial charge in [0.25, 0.3) is 5.91 Å². The third-order valence-corrected chi connectivity index (χ3v) is 7.23. The monoisotopic (exact) mass is 596 g/mol. The first-order valence-electron chi connectivity index (χ1n) is 10.3. The minimum Gasteiger partial charge on any atom is -0.326 e. The molecule has 1 aliphatic carbocycles. The highest BCUT2D eigenvalue weighted by Crippen LogP contribution is 2.65. The molecule has 0 spiro atoms. The van der Waals surface area contributed by atoms with Gasteiger partial charge in [0, 0.05) is 17.7 Å². The van der Waals surface area contributed by atoms with E-state index in [0.717, 1.165) is 30.3 Å². The molecule has 2 N–H and O–H groups in total. The molecule has 194 valence electrons. The Labute approximate surface area is 226 Å². The van der Waals surface area contributed by atoms with Crippen LogP contribution in [-0.2, 0) is 11.0 Å². The second-order valence-electron chi connectivity index (χ2n) is 8.13. The highest BCUT2D eigenvalue weighted by molar-refractivity contribution is 6.53. The molecule has 0 unspecified atom stereocenters. The normalized spacial score (nSPS) is 18.3. The standard InChI is InChI=1S/C24H13Cl4F5N2O2/c25-15-5-3-12(9-13(15)21(36)35-18-6-2-11(29)8-17(18)30)34-22(37)20-19(23(20,27)28)10-1-4-14(16(26)7-10)24(31,32)33/h1-9,19-20H,(H,34,37)(H,35,36)/t19-,20+/m0/s1. The summed E-state index contributed by atoms with van der Waals surface area (Å²) in [7, 11) is 0. The quantitative estimate of drug-likeness (QED) is 0.231. The molecule has 0 aliphatic heterocycles. The van der Waals surface area contributed by atoms with Crippen molar-refractivity contribution in [1.29, 1.82) is 0 Å². The predicted octanol–water partition coefficient (Wildman–Crippen LogP) is 8.07. The first kappa shape index (κ1) is 27.4. The number of rotatable bonds is 5. The Morgan fingerprint density at radius 2 is 1.57 bits per heavy atom. The smallest absolute Gasteiger partial charge is 0.326 e. The minimum absolute atomic E-state index is 0.0225. The number of anilines is 2. The number of hydrogen-bond acceptors (Lipinski definition) is 2. The maximum atomic E-state index is 13.9. The van der Waals surface area contributed by atoms with E-state index in [2.05, 4.69) is 10.6 Å². The summed E-state index contributed by atoms with van der Waals surface area (Å²) in [6, 6.07) is 9.46. The SMILES string of the molecule is O=C(Nc1ccc(F)cc1F)c1cc(NC(=O)[C@H]2[C@H](c3ccc(C(F)(F)F)c(Cl)c3)C2(Cl)Cl)ccc1Cl. The molecule has 0 aromatic heterocycles. The van der Waals surface area contributed by atoms with Crippen molar-refractivity contribution in [3.63, 3.8) is 0 Å². The van der Waals surface area contributed by atoms with Gasteiger partial charge in [-0.15, -0.1) is 23.2 Å². The summed E-state index contributed by atoms with van der Waals surface area (Å²) in [6.45, 7) is 0. The molecule has 0 saturated heterocycles. The van der Waals surface area contributed by atoms with Crippen LogP contribution < -0.4 is 10.6 Å². The largest absolute Gasteiger partial charge is 0.417 e. The average molecular weight is 598 g/mol. The minimum atomic E-state index is -4.66. The number of carbonyl (C=O) groups excluding carboxylic acids is 2. The third kappa shape index (κ3) is 5.65. The zero-order valence-corrected chi connectivity index (χ0v) is 21.1. The van der Waals surface area contributed by atoms with Gasteiger partial charge in [0.15, 0.2) is 0 Å². The molecule has 4 nitrogen and oxygen atoms in total. The molecule has 0 bridgehead atoms. The van der Waals surface area contributed by atoms with E-state index in [0.29, 0.717) is 6.07 Å². The van der Waals surface area contributed by atoms with Crippen LogP contribution in [-0.4, -0.2) is 16.1 Å². The molecule has 2 amide bonds. The lowest BCUT2D eigenvalue weighted by molar-refractivity contribution is -0.137. The van der Waals surface area contributed by atoms with E-state index < -0.39 is 56.4 Å². The van der Waals surface area contributed by atoms with Gasteiger partial charge in [0.2, 0.25) is 5.91 Å². The molecule has 1 saturated carbocycles. The van der Waals surface area contributed by atoms with Crippen molar-refractivity contribution >= 4 is 69.6 Å². The number of hydrogen-bond donors (Lipinski definition) is 2. The molecular formula is C24H13Cl4F5N2O2. The summed E-state index contributed by atoms with van der Waals surface area (Å²) in [5.41, 5.74) is -1.11. The second-order valence-corrected chi connectivity index (χ2v) is 10.4. The lowest BCUT2D eigenvalue weighted by Crippen LogP contribution is -2.18. The Kier molecular flexibility index (Phi) is 7.38. The number of nitrogens with one attached hydrogen (secondary N) is 2. The van der Waals surface area contributed by atoms with E-state index in [9.17, 15) is 31.5 Å². The number of alkyl halides is 5. The Morgan fingerprint density at radius 3 is 2.19 bits per heavy atom. The average Bonchev–Trinajstić information content (AvgIpc) is 3.38. The van der Waals surface area contributed by atoms with E-state index in [1.807, 2.05) is 0 Å². The third-order valence-electron chi connectivity index (χ3n) is 5.65. The van der Waals surface area contributed by atoms with E-state index in [-0.39, 0.29) is 27.5 Å². The van der Waals surface area contributed by atoms with Crippen molar-refractivity contribution in [2.75, 3.05) is 10.6 Å². The van der Waals surface area contributed by atoms with Gasteiger partial charge < -0.3 is 10.6 Å². The Hall–Kier alpha value is -2.59. The maximum Gasteiger partial charge on any atom is 0.417 e. The molecule has 13 heteroatoms. The van der Waals surface area contributed by atoms with Gasteiger partial charge in [-0.1, -0.05) is 29.3 Å². The van der Waals surface area contributed by atoms with Crippen molar-refractivity contribution < 1.29 is 31.5 Å².